The van der Waals surface area contributed by atoms with Gasteiger partial charge in [0, 0.05) is 25.9 Å². The molecule has 4 rings (SSSR count). The number of H-pyrrole nitrogens is 1. The number of amides is 2. The molecule has 0 bridgehead atoms. The van der Waals surface area contributed by atoms with Gasteiger partial charge in [-0.3, -0.25) is 4.79 Å². The Hall–Kier alpha value is -3.66. The highest BCUT2D eigenvalue weighted by Gasteiger charge is 2.44. The van der Waals surface area contributed by atoms with Crippen molar-refractivity contribution >= 4 is 28.9 Å². The van der Waals surface area contributed by atoms with Crippen molar-refractivity contribution in [3.8, 4) is 0 Å². The van der Waals surface area contributed by atoms with E-state index in [1.54, 1.807) is 20.8 Å². The molecule has 4 N–H and O–H groups in total. The first-order chi connectivity index (χ1) is 17.2. The molecule has 0 saturated carbocycles. The molecule has 10 heteroatoms. The molecule has 0 spiro atoms. The van der Waals surface area contributed by atoms with Crippen molar-refractivity contribution in [1.29, 1.82) is 0 Å². The van der Waals surface area contributed by atoms with E-state index in [2.05, 4.69) is 30.5 Å². The number of rotatable bonds is 7. The van der Waals surface area contributed by atoms with Gasteiger partial charge in [-0.1, -0.05) is 30.3 Å². The molecular weight excluding hydrogens is 460 g/mol. The molecule has 0 radical (unpaired) electrons. The summed E-state index contributed by atoms with van der Waals surface area (Å²) in [6.45, 7) is 6.26. The monoisotopic (exact) mass is 494 g/mol. The topological polar surface area (TPSA) is 132 Å². The maximum Gasteiger partial charge on any atom is 0.408 e. The summed E-state index contributed by atoms with van der Waals surface area (Å²) in [6.07, 6.45) is 3.76. The molecule has 1 fully saturated rings. The number of carbonyl (C=O) groups is 2. The minimum absolute atomic E-state index is 0.0828. The van der Waals surface area contributed by atoms with Crippen molar-refractivity contribution in [2.45, 2.75) is 57.2 Å². The summed E-state index contributed by atoms with van der Waals surface area (Å²) < 4.78 is 5.50. The SMILES string of the molecule is CC(C)(C)OC(=O)NC1(C(=O)N[C@@H](CCO)c2ccccc2)CCN(c2ncnc3[nH]ccc23)CC1. The number of anilines is 1. The van der Waals surface area contributed by atoms with Crippen LogP contribution < -0.4 is 15.5 Å². The summed E-state index contributed by atoms with van der Waals surface area (Å²) in [6, 6.07) is 11.0. The fourth-order valence-corrected chi connectivity index (χ4v) is 4.55. The van der Waals surface area contributed by atoms with Gasteiger partial charge in [0.15, 0.2) is 0 Å². The van der Waals surface area contributed by atoms with Gasteiger partial charge in [0.05, 0.1) is 11.4 Å². The fraction of sp³-hybridized carbons (Fsp3) is 0.462. The lowest BCUT2D eigenvalue weighted by Gasteiger charge is -2.42. The van der Waals surface area contributed by atoms with Crippen LogP contribution in [0, 0.1) is 0 Å². The number of benzene rings is 1. The van der Waals surface area contributed by atoms with E-state index in [4.69, 9.17) is 4.74 Å². The normalized spacial score (nSPS) is 16.4. The van der Waals surface area contributed by atoms with Gasteiger partial charge in [0.25, 0.3) is 0 Å². The molecule has 1 aromatic carbocycles. The third kappa shape index (κ3) is 5.76. The van der Waals surface area contributed by atoms with E-state index in [9.17, 15) is 14.7 Å². The number of aliphatic hydroxyl groups excluding tert-OH is 1. The number of aliphatic hydroxyl groups is 1. The molecule has 1 saturated heterocycles. The van der Waals surface area contributed by atoms with E-state index >= 15 is 0 Å². The third-order valence-electron chi connectivity index (χ3n) is 6.35. The Morgan fingerprint density at radius 1 is 1.17 bits per heavy atom. The highest BCUT2D eigenvalue weighted by atomic mass is 16.6. The van der Waals surface area contributed by atoms with Gasteiger partial charge < -0.3 is 30.4 Å². The largest absolute Gasteiger partial charge is 0.444 e. The second-order valence-corrected chi connectivity index (χ2v) is 10.1. The van der Waals surface area contributed by atoms with E-state index in [0.717, 1.165) is 22.4 Å². The lowest BCUT2D eigenvalue weighted by Crippen LogP contribution is -2.64. The number of hydrogen-bond acceptors (Lipinski definition) is 7. The van der Waals surface area contributed by atoms with Gasteiger partial charge in [0.1, 0.15) is 28.9 Å². The Morgan fingerprint density at radius 2 is 1.89 bits per heavy atom. The highest BCUT2D eigenvalue weighted by molar-refractivity contribution is 5.91. The number of fused-ring (bicyclic) bond motifs is 1. The average Bonchev–Trinajstić information content (AvgIpc) is 3.33. The molecule has 1 aliphatic rings. The Kier molecular flexibility index (Phi) is 7.44. The first-order valence-electron chi connectivity index (χ1n) is 12.2. The van der Waals surface area contributed by atoms with Gasteiger partial charge >= 0.3 is 6.09 Å². The number of aromatic nitrogens is 3. The molecule has 2 amide bonds. The van der Waals surface area contributed by atoms with Crippen LogP contribution in [0.1, 0.15) is 51.6 Å². The zero-order valence-corrected chi connectivity index (χ0v) is 21.0. The second kappa shape index (κ2) is 10.5. The Labute approximate surface area is 210 Å². The molecule has 36 heavy (non-hydrogen) atoms. The second-order valence-electron chi connectivity index (χ2n) is 10.1. The number of alkyl carbamates (subject to hydrolysis) is 1. The standard InChI is InChI=1S/C26H34N6O4/c1-25(2,3)36-24(35)31-26(23(34)30-20(10-16-33)18-7-5-4-6-8-18)11-14-32(15-12-26)22-19-9-13-27-21(19)28-17-29-22/h4-9,13,17,20,33H,10-12,14-16H2,1-3H3,(H,30,34)(H,31,35)(H,27,28,29)/t20-/m0/s1. The first kappa shape index (κ1) is 25.4. The smallest absolute Gasteiger partial charge is 0.408 e. The zero-order valence-electron chi connectivity index (χ0n) is 21.0. The minimum atomic E-state index is -1.17. The number of nitrogens with zero attached hydrogens (tertiary/aromatic N) is 3. The van der Waals surface area contributed by atoms with E-state index in [-0.39, 0.29) is 18.6 Å². The lowest BCUT2D eigenvalue weighted by atomic mass is 9.85. The van der Waals surface area contributed by atoms with Gasteiger partial charge in [-0.15, -0.1) is 0 Å². The number of piperidine rings is 1. The van der Waals surface area contributed by atoms with Crippen molar-refractivity contribution in [1.82, 2.24) is 25.6 Å². The quantitative estimate of drug-likeness (QED) is 0.397. The van der Waals surface area contributed by atoms with Crippen LogP contribution in [0.25, 0.3) is 11.0 Å². The molecule has 10 nitrogen and oxygen atoms in total. The fourth-order valence-electron chi connectivity index (χ4n) is 4.55. The number of aromatic amines is 1. The van der Waals surface area contributed by atoms with Crippen molar-refractivity contribution in [2.75, 3.05) is 24.6 Å². The number of ether oxygens (including phenoxy) is 1. The van der Waals surface area contributed by atoms with Gasteiger partial charge in [-0.05, 0) is 51.7 Å². The Bertz CT molecular complexity index is 1180. The van der Waals surface area contributed by atoms with Gasteiger partial charge in [-0.25, -0.2) is 14.8 Å². The third-order valence-corrected chi connectivity index (χ3v) is 6.35. The predicted molar refractivity (Wildman–Crippen MR) is 136 cm³/mol. The van der Waals surface area contributed by atoms with Gasteiger partial charge in [0.2, 0.25) is 5.91 Å². The van der Waals surface area contributed by atoms with E-state index in [0.29, 0.717) is 32.4 Å². The summed E-state index contributed by atoms with van der Waals surface area (Å²) >= 11 is 0. The van der Waals surface area contributed by atoms with E-state index in [1.165, 1.54) is 6.33 Å². The summed E-state index contributed by atoms with van der Waals surface area (Å²) in [5.41, 5.74) is -0.241. The molecule has 0 aliphatic carbocycles. The van der Waals surface area contributed by atoms with Crippen LogP contribution >= 0.6 is 0 Å². The molecule has 1 atom stereocenters. The van der Waals surface area contributed by atoms with Crippen molar-refractivity contribution in [3.05, 3.63) is 54.5 Å². The number of hydrogen-bond donors (Lipinski definition) is 4. The number of nitrogens with one attached hydrogen (secondary N) is 3. The summed E-state index contributed by atoms with van der Waals surface area (Å²) in [5.74, 6) is 0.486. The summed E-state index contributed by atoms with van der Waals surface area (Å²) in [5, 5.41) is 16.5. The summed E-state index contributed by atoms with van der Waals surface area (Å²) in [7, 11) is 0. The van der Waals surface area contributed by atoms with E-state index < -0.39 is 17.2 Å². The van der Waals surface area contributed by atoms with Crippen LogP contribution in [0.5, 0.6) is 0 Å². The Morgan fingerprint density at radius 3 is 2.56 bits per heavy atom. The summed E-state index contributed by atoms with van der Waals surface area (Å²) in [4.78, 5) is 40.5. The van der Waals surface area contributed by atoms with Gasteiger partial charge in [-0.2, -0.15) is 0 Å². The molecular formula is C26H34N6O4. The Balaban J connectivity index is 1.57. The number of carbonyl (C=O) groups excluding carboxylic acids is 2. The lowest BCUT2D eigenvalue weighted by molar-refractivity contribution is -0.129. The van der Waals surface area contributed by atoms with Crippen LogP contribution in [0.15, 0.2) is 48.9 Å². The zero-order chi connectivity index (χ0) is 25.8. The van der Waals surface area contributed by atoms with E-state index in [1.807, 2.05) is 42.6 Å². The van der Waals surface area contributed by atoms with Crippen molar-refractivity contribution < 1.29 is 19.4 Å². The van der Waals surface area contributed by atoms with Crippen LogP contribution in [-0.2, 0) is 9.53 Å². The van der Waals surface area contributed by atoms with Crippen LogP contribution in [-0.4, -0.2) is 62.9 Å². The highest BCUT2D eigenvalue weighted by Crippen LogP contribution is 2.30. The predicted octanol–water partition coefficient (Wildman–Crippen LogP) is 3.06. The first-order valence-corrected chi connectivity index (χ1v) is 12.2. The average molecular weight is 495 g/mol. The van der Waals surface area contributed by atoms with Crippen LogP contribution in [0.3, 0.4) is 0 Å². The molecule has 1 aliphatic heterocycles. The minimum Gasteiger partial charge on any atom is -0.444 e. The van der Waals surface area contributed by atoms with Crippen molar-refractivity contribution in [3.63, 3.8) is 0 Å². The van der Waals surface area contributed by atoms with Crippen LogP contribution in [0.4, 0.5) is 10.6 Å². The van der Waals surface area contributed by atoms with Crippen LogP contribution in [0.2, 0.25) is 0 Å². The maximum absolute atomic E-state index is 13.8. The maximum atomic E-state index is 13.8. The molecule has 3 aromatic rings. The van der Waals surface area contributed by atoms with Crippen molar-refractivity contribution in [2.24, 2.45) is 0 Å². The molecule has 0 unspecified atom stereocenters. The molecule has 192 valence electrons. The molecule has 2 aromatic heterocycles. The molecule has 3 heterocycles.